The van der Waals surface area contributed by atoms with E-state index >= 15 is 0 Å². The molecule has 0 aliphatic carbocycles. The molecule has 18 heavy (non-hydrogen) atoms. The highest BCUT2D eigenvalue weighted by Crippen LogP contribution is 2.22. The summed E-state index contributed by atoms with van der Waals surface area (Å²) in [5, 5.41) is 12.4. The number of para-hydroxylation sites is 1. The first-order chi connectivity index (χ1) is 8.70. The minimum Gasteiger partial charge on any atom is -0.399 e. The van der Waals surface area contributed by atoms with Gasteiger partial charge in [-0.05, 0) is 36.8 Å². The van der Waals surface area contributed by atoms with E-state index in [-0.39, 0.29) is 6.04 Å². The van der Waals surface area contributed by atoms with Crippen LogP contribution in [0.3, 0.4) is 0 Å². The zero-order chi connectivity index (χ0) is 13.0. The number of hydrogen-bond donors (Lipinski definition) is 2. The molecule has 0 saturated heterocycles. The average molecular weight is 237 g/mol. The zero-order valence-corrected chi connectivity index (χ0v) is 10.2. The van der Waals surface area contributed by atoms with Crippen molar-refractivity contribution in [2.75, 3.05) is 11.1 Å². The van der Waals surface area contributed by atoms with Gasteiger partial charge < -0.3 is 11.1 Å². The second kappa shape index (κ2) is 5.24. The standard InChI is InChI=1S/C15H15N3/c1-11(12-6-8-14(17)9-7-12)18-15-5-3-2-4-13(15)10-16/h2-9,11,18H,17H2,1H3. The van der Waals surface area contributed by atoms with Gasteiger partial charge in [0.2, 0.25) is 0 Å². The van der Waals surface area contributed by atoms with Crippen molar-refractivity contribution in [1.29, 1.82) is 5.26 Å². The van der Waals surface area contributed by atoms with E-state index in [0.29, 0.717) is 5.56 Å². The third-order valence-corrected chi connectivity index (χ3v) is 2.86. The molecule has 2 rings (SSSR count). The van der Waals surface area contributed by atoms with E-state index in [2.05, 4.69) is 18.3 Å². The highest BCUT2D eigenvalue weighted by molar-refractivity contribution is 5.58. The van der Waals surface area contributed by atoms with Gasteiger partial charge in [0.05, 0.1) is 11.3 Å². The van der Waals surface area contributed by atoms with Crippen molar-refractivity contribution in [3.8, 4) is 6.07 Å². The van der Waals surface area contributed by atoms with Gasteiger partial charge in [-0.2, -0.15) is 5.26 Å². The molecule has 0 aliphatic heterocycles. The minimum atomic E-state index is 0.125. The van der Waals surface area contributed by atoms with Gasteiger partial charge in [0.15, 0.2) is 0 Å². The van der Waals surface area contributed by atoms with Gasteiger partial charge in [0, 0.05) is 11.7 Å². The molecular weight excluding hydrogens is 222 g/mol. The van der Waals surface area contributed by atoms with Crippen LogP contribution in [0.4, 0.5) is 11.4 Å². The highest BCUT2D eigenvalue weighted by Gasteiger charge is 2.07. The van der Waals surface area contributed by atoms with Crippen molar-refractivity contribution in [3.05, 3.63) is 59.7 Å². The van der Waals surface area contributed by atoms with E-state index in [1.165, 1.54) is 0 Å². The number of nitriles is 1. The van der Waals surface area contributed by atoms with E-state index in [4.69, 9.17) is 11.0 Å². The number of benzene rings is 2. The first kappa shape index (κ1) is 12.0. The molecule has 0 bridgehead atoms. The molecule has 0 fully saturated rings. The molecule has 3 heteroatoms. The summed E-state index contributed by atoms with van der Waals surface area (Å²) in [7, 11) is 0. The molecule has 3 nitrogen and oxygen atoms in total. The number of nitrogen functional groups attached to an aromatic ring is 1. The van der Waals surface area contributed by atoms with Gasteiger partial charge in [-0.15, -0.1) is 0 Å². The number of nitrogens with two attached hydrogens (primary N) is 1. The maximum atomic E-state index is 9.03. The lowest BCUT2D eigenvalue weighted by molar-refractivity contribution is 0.884. The fraction of sp³-hybridized carbons (Fsp3) is 0.133. The fourth-order valence-electron chi connectivity index (χ4n) is 1.81. The molecule has 0 heterocycles. The quantitative estimate of drug-likeness (QED) is 0.805. The summed E-state index contributed by atoms with van der Waals surface area (Å²) >= 11 is 0. The number of nitrogens with zero attached hydrogens (tertiary/aromatic N) is 1. The summed E-state index contributed by atoms with van der Waals surface area (Å²) in [6.45, 7) is 2.06. The normalized spacial score (nSPS) is 11.6. The molecule has 2 aromatic rings. The first-order valence-corrected chi connectivity index (χ1v) is 5.82. The molecule has 90 valence electrons. The number of anilines is 2. The van der Waals surface area contributed by atoms with E-state index in [0.717, 1.165) is 16.9 Å². The number of hydrogen-bond acceptors (Lipinski definition) is 3. The molecule has 1 atom stereocenters. The first-order valence-electron chi connectivity index (χ1n) is 5.82. The van der Waals surface area contributed by atoms with E-state index < -0.39 is 0 Å². The summed E-state index contributed by atoms with van der Waals surface area (Å²) in [5.41, 5.74) is 9.05. The Hall–Kier alpha value is -2.47. The molecule has 0 saturated carbocycles. The van der Waals surface area contributed by atoms with Crippen molar-refractivity contribution in [1.82, 2.24) is 0 Å². The summed E-state index contributed by atoms with van der Waals surface area (Å²) in [6.07, 6.45) is 0. The Balaban J connectivity index is 2.19. The molecular formula is C15H15N3. The van der Waals surface area contributed by atoms with E-state index in [9.17, 15) is 0 Å². The molecule has 0 radical (unpaired) electrons. The average Bonchev–Trinajstić information content (AvgIpc) is 2.40. The predicted octanol–water partition coefficient (Wildman–Crippen LogP) is 3.31. The smallest absolute Gasteiger partial charge is 0.101 e. The lowest BCUT2D eigenvalue weighted by Crippen LogP contribution is -2.07. The number of nitrogens with one attached hydrogen (secondary N) is 1. The second-order valence-corrected chi connectivity index (χ2v) is 4.19. The van der Waals surface area contributed by atoms with Crippen molar-refractivity contribution >= 4 is 11.4 Å². The zero-order valence-electron chi connectivity index (χ0n) is 10.2. The third-order valence-electron chi connectivity index (χ3n) is 2.86. The molecule has 3 N–H and O–H groups in total. The van der Waals surface area contributed by atoms with Crippen molar-refractivity contribution < 1.29 is 0 Å². The topological polar surface area (TPSA) is 61.8 Å². The van der Waals surface area contributed by atoms with Crippen LogP contribution >= 0.6 is 0 Å². The maximum Gasteiger partial charge on any atom is 0.101 e. The van der Waals surface area contributed by atoms with Crippen molar-refractivity contribution in [2.24, 2.45) is 0 Å². The Bertz CT molecular complexity index is 567. The van der Waals surface area contributed by atoms with Crippen LogP contribution in [0.25, 0.3) is 0 Å². The molecule has 0 spiro atoms. The SMILES string of the molecule is CC(Nc1ccccc1C#N)c1ccc(N)cc1. The third kappa shape index (κ3) is 2.61. The lowest BCUT2D eigenvalue weighted by atomic mass is 10.1. The molecule has 0 aliphatic rings. The Morgan fingerprint density at radius 3 is 2.44 bits per heavy atom. The van der Waals surface area contributed by atoms with Crippen LogP contribution in [0.15, 0.2) is 48.5 Å². The van der Waals surface area contributed by atoms with Gasteiger partial charge in [0.25, 0.3) is 0 Å². The fourth-order valence-corrected chi connectivity index (χ4v) is 1.81. The van der Waals surface area contributed by atoms with Crippen LogP contribution in [0.2, 0.25) is 0 Å². The Labute approximate surface area is 107 Å². The van der Waals surface area contributed by atoms with Crippen LogP contribution in [-0.2, 0) is 0 Å². The van der Waals surface area contributed by atoms with Crippen LogP contribution in [0, 0.1) is 11.3 Å². The molecule has 0 aromatic heterocycles. The monoisotopic (exact) mass is 237 g/mol. The predicted molar refractivity (Wildman–Crippen MR) is 74.0 cm³/mol. The summed E-state index contributed by atoms with van der Waals surface area (Å²) < 4.78 is 0. The van der Waals surface area contributed by atoms with Crippen LogP contribution < -0.4 is 11.1 Å². The van der Waals surface area contributed by atoms with Crippen LogP contribution in [0.5, 0.6) is 0 Å². The second-order valence-electron chi connectivity index (χ2n) is 4.19. The Morgan fingerprint density at radius 1 is 1.11 bits per heavy atom. The van der Waals surface area contributed by atoms with Gasteiger partial charge >= 0.3 is 0 Å². The Morgan fingerprint density at radius 2 is 1.78 bits per heavy atom. The summed E-state index contributed by atoms with van der Waals surface area (Å²) in [4.78, 5) is 0. The van der Waals surface area contributed by atoms with Crippen LogP contribution in [0.1, 0.15) is 24.1 Å². The lowest BCUT2D eigenvalue weighted by Gasteiger charge is -2.16. The van der Waals surface area contributed by atoms with Crippen LogP contribution in [-0.4, -0.2) is 0 Å². The molecule has 2 aromatic carbocycles. The largest absolute Gasteiger partial charge is 0.399 e. The number of rotatable bonds is 3. The highest BCUT2D eigenvalue weighted by atomic mass is 14.9. The van der Waals surface area contributed by atoms with Gasteiger partial charge in [-0.3, -0.25) is 0 Å². The van der Waals surface area contributed by atoms with E-state index in [1.807, 2.05) is 42.5 Å². The summed E-state index contributed by atoms with van der Waals surface area (Å²) in [6, 6.07) is 17.5. The van der Waals surface area contributed by atoms with Gasteiger partial charge in [0.1, 0.15) is 6.07 Å². The molecule has 1 unspecified atom stereocenters. The van der Waals surface area contributed by atoms with Crippen molar-refractivity contribution in [3.63, 3.8) is 0 Å². The van der Waals surface area contributed by atoms with Crippen molar-refractivity contribution in [2.45, 2.75) is 13.0 Å². The minimum absolute atomic E-state index is 0.125. The molecule has 0 amide bonds. The van der Waals surface area contributed by atoms with Gasteiger partial charge in [-0.25, -0.2) is 0 Å². The Kier molecular flexibility index (Phi) is 3.49. The summed E-state index contributed by atoms with van der Waals surface area (Å²) in [5.74, 6) is 0. The van der Waals surface area contributed by atoms with E-state index in [1.54, 1.807) is 6.07 Å². The van der Waals surface area contributed by atoms with Gasteiger partial charge in [-0.1, -0.05) is 24.3 Å². The maximum absolute atomic E-state index is 9.03.